The van der Waals surface area contributed by atoms with Crippen molar-refractivity contribution in [3.63, 3.8) is 0 Å². The Morgan fingerprint density at radius 2 is 1.53 bits per heavy atom. The van der Waals surface area contributed by atoms with Crippen LogP contribution in [-0.4, -0.2) is 19.7 Å². The third-order valence-electron chi connectivity index (χ3n) is 3.16. The van der Waals surface area contributed by atoms with Crippen LogP contribution in [0, 0.1) is 34.6 Å². The van der Waals surface area contributed by atoms with E-state index in [2.05, 4.69) is 15.1 Å². The van der Waals surface area contributed by atoms with E-state index in [-0.39, 0.29) is 0 Å². The summed E-state index contributed by atoms with van der Waals surface area (Å²) in [6.07, 6.45) is 0. The highest BCUT2D eigenvalue weighted by molar-refractivity contribution is 6.30. The zero-order valence-electron chi connectivity index (χ0n) is 10.7. The molecule has 0 fully saturated rings. The first-order valence-electron chi connectivity index (χ1n) is 5.45. The van der Waals surface area contributed by atoms with Crippen LogP contribution in [-0.2, 0) is 0 Å². The summed E-state index contributed by atoms with van der Waals surface area (Å²) in [6.45, 7) is 9.85. The molecule has 90 valence electrons. The third kappa shape index (κ3) is 1.93. The van der Waals surface area contributed by atoms with Crippen molar-refractivity contribution in [1.82, 2.24) is 19.7 Å². The number of hydrogen-bond acceptors (Lipinski definition) is 3. The van der Waals surface area contributed by atoms with Gasteiger partial charge in [-0.15, -0.1) is 0 Å². The lowest BCUT2D eigenvalue weighted by Gasteiger charge is -2.07. The average molecular weight is 251 g/mol. The van der Waals surface area contributed by atoms with Crippen LogP contribution in [0.4, 0.5) is 0 Å². The molecular formula is C12H15ClN4. The second-order valence-electron chi connectivity index (χ2n) is 4.23. The van der Waals surface area contributed by atoms with E-state index in [1.54, 1.807) is 4.68 Å². The molecule has 0 unspecified atom stereocenters. The van der Waals surface area contributed by atoms with Gasteiger partial charge in [0.15, 0.2) is 0 Å². The second kappa shape index (κ2) is 4.11. The predicted molar refractivity (Wildman–Crippen MR) is 67.8 cm³/mol. The fourth-order valence-electron chi connectivity index (χ4n) is 1.59. The minimum atomic E-state index is 0.484. The average Bonchev–Trinajstić information content (AvgIpc) is 2.53. The lowest BCUT2D eigenvalue weighted by molar-refractivity contribution is 0.765. The number of rotatable bonds is 1. The Kier molecular flexibility index (Phi) is 2.91. The fourth-order valence-corrected chi connectivity index (χ4v) is 1.80. The van der Waals surface area contributed by atoms with Crippen LogP contribution in [0.2, 0.25) is 5.15 Å². The van der Waals surface area contributed by atoms with E-state index >= 15 is 0 Å². The molecule has 2 aromatic rings. The van der Waals surface area contributed by atoms with Crippen molar-refractivity contribution in [3.05, 3.63) is 33.4 Å². The van der Waals surface area contributed by atoms with E-state index in [0.29, 0.717) is 11.1 Å². The summed E-state index contributed by atoms with van der Waals surface area (Å²) in [7, 11) is 0. The number of halogens is 1. The maximum atomic E-state index is 6.08. The molecule has 4 nitrogen and oxygen atoms in total. The molecule has 2 aromatic heterocycles. The summed E-state index contributed by atoms with van der Waals surface area (Å²) >= 11 is 6.08. The Morgan fingerprint density at radius 3 is 2.00 bits per heavy atom. The van der Waals surface area contributed by atoms with E-state index in [1.807, 2.05) is 34.6 Å². The number of hydrogen-bond donors (Lipinski definition) is 0. The Hall–Kier alpha value is -1.42. The van der Waals surface area contributed by atoms with Gasteiger partial charge in [-0.1, -0.05) is 11.6 Å². The Bertz CT molecular complexity index is 563. The van der Waals surface area contributed by atoms with Gasteiger partial charge in [-0.3, -0.25) is 0 Å². The Balaban J connectivity index is 2.65. The summed E-state index contributed by atoms with van der Waals surface area (Å²) < 4.78 is 1.74. The van der Waals surface area contributed by atoms with Crippen LogP contribution in [0.3, 0.4) is 0 Å². The van der Waals surface area contributed by atoms with Crippen molar-refractivity contribution in [2.75, 3.05) is 0 Å². The second-order valence-corrected chi connectivity index (χ2v) is 4.59. The quantitative estimate of drug-likeness (QED) is 0.731. The van der Waals surface area contributed by atoms with E-state index < -0.39 is 0 Å². The van der Waals surface area contributed by atoms with Gasteiger partial charge in [0, 0.05) is 17.0 Å². The molecule has 0 aliphatic carbocycles. The zero-order valence-corrected chi connectivity index (χ0v) is 11.4. The SMILES string of the molecule is Cc1nc(-n2nc(C)c(C)c2C)nc(Cl)c1C. The minimum Gasteiger partial charge on any atom is -0.216 e. The molecule has 0 N–H and O–H groups in total. The van der Waals surface area contributed by atoms with Crippen molar-refractivity contribution in [2.24, 2.45) is 0 Å². The molecule has 0 bridgehead atoms. The van der Waals surface area contributed by atoms with Crippen molar-refractivity contribution < 1.29 is 0 Å². The van der Waals surface area contributed by atoms with Gasteiger partial charge >= 0.3 is 0 Å². The van der Waals surface area contributed by atoms with Gasteiger partial charge in [-0.05, 0) is 40.2 Å². The standard InChI is InChI=1S/C12H15ClN4/c1-6-9(4)16-17(10(6)5)12-14-8(3)7(2)11(13)15-12/h1-5H3. The van der Waals surface area contributed by atoms with Gasteiger partial charge in [0.2, 0.25) is 0 Å². The molecule has 2 rings (SSSR count). The number of nitrogens with zero attached hydrogens (tertiary/aromatic N) is 4. The van der Waals surface area contributed by atoms with Gasteiger partial charge in [-0.25, -0.2) is 9.67 Å². The fraction of sp³-hybridized carbons (Fsp3) is 0.417. The summed E-state index contributed by atoms with van der Waals surface area (Å²) in [6, 6.07) is 0. The molecule has 2 heterocycles. The molecule has 0 saturated heterocycles. The topological polar surface area (TPSA) is 43.6 Å². The van der Waals surface area contributed by atoms with E-state index in [4.69, 9.17) is 11.6 Å². The van der Waals surface area contributed by atoms with E-state index in [1.165, 1.54) is 0 Å². The van der Waals surface area contributed by atoms with Crippen LogP contribution in [0.25, 0.3) is 5.95 Å². The molecule has 0 amide bonds. The Morgan fingerprint density at radius 1 is 0.882 bits per heavy atom. The molecule has 17 heavy (non-hydrogen) atoms. The van der Waals surface area contributed by atoms with Crippen molar-refractivity contribution >= 4 is 11.6 Å². The molecule has 0 aromatic carbocycles. The highest BCUT2D eigenvalue weighted by Gasteiger charge is 2.13. The normalized spacial score (nSPS) is 10.9. The summed E-state index contributed by atoms with van der Waals surface area (Å²) in [5.74, 6) is 0.534. The van der Waals surface area contributed by atoms with Gasteiger partial charge in [0.1, 0.15) is 5.15 Å². The molecule has 0 aliphatic rings. The van der Waals surface area contributed by atoms with Gasteiger partial charge < -0.3 is 0 Å². The highest BCUT2D eigenvalue weighted by Crippen LogP contribution is 2.19. The Labute approximate surface area is 106 Å². The molecule has 0 atom stereocenters. The number of aromatic nitrogens is 4. The highest BCUT2D eigenvalue weighted by atomic mass is 35.5. The lowest BCUT2D eigenvalue weighted by Crippen LogP contribution is -2.07. The molecule has 0 spiro atoms. The van der Waals surface area contributed by atoms with Crippen LogP contribution in [0.15, 0.2) is 0 Å². The van der Waals surface area contributed by atoms with E-state index in [9.17, 15) is 0 Å². The maximum absolute atomic E-state index is 6.08. The molecule has 5 heteroatoms. The summed E-state index contributed by atoms with van der Waals surface area (Å²) in [5, 5.41) is 4.91. The summed E-state index contributed by atoms with van der Waals surface area (Å²) in [5.41, 5.74) is 4.98. The molecule has 0 saturated carbocycles. The first kappa shape index (κ1) is 12.0. The smallest absolute Gasteiger partial charge is 0.216 e. The minimum absolute atomic E-state index is 0.484. The van der Waals surface area contributed by atoms with Crippen molar-refractivity contribution in [2.45, 2.75) is 34.6 Å². The van der Waals surface area contributed by atoms with Gasteiger partial charge in [0.25, 0.3) is 5.95 Å². The van der Waals surface area contributed by atoms with Crippen LogP contribution < -0.4 is 0 Å². The molecule has 0 radical (unpaired) electrons. The lowest BCUT2D eigenvalue weighted by atomic mass is 10.2. The van der Waals surface area contributed by atoms with Crippen molar-refractivity contribution in [3.8, 4) is 5.95 Å². The third-order valence-corrected chi connectivity index (χ3v) is 3.53. The van der Waals surface area contributed by atoms with Crippen molar-refractivity contribution in [1.29, 1.82) is 0 Å². The van der Waals surface area contributed by atoms with Gasteiger partial charge in [0.05, 0.1) is 5.69 Å². The largest absolute Gasteiger partial charge is 0.252 e. The van der Waals surface area contributed by atoms with E-state index in [0.717, 1.165) is 28.2 Å². The van der Waals surface area contributed by atoms with Crippen LogP contribution in [0.1, 0.15) is 28.2 Å². The van der Waals surface area contributed by atoms with Crippen LogP contribution in [0.5, 0.6) is 0 Å². The first-order valence-corrected chi connectivity index (χ1v) is 5.83. The molecular weight excluding hydrogens is 236 g/mol. The first-order chi connectivity index (χ1) is 7.91. The predicted octanol–water partition coefficient (Wildman–Crippen LogP) is 2.86. The monoisotopic (exact) mass is 250 g/mol. The molecule has 0 aliphatic heterocycles. The zero-order chi connectivity index (χ0) is 12.7. The maximum Gasteiger partial charge on any atom is 0.252 e. The summed E-state index contributed by atoms with van der Waals surface area (Å²) in [4.78, 5) is 8.70. The van der Waals surface area contributed by atoms with Gasteiger partial charge in [-0.2, -0.15) is 10.1 Å². The van der Waals surface area contributed by atoms with Crippen LogP contribution >= 0.6 is 11.6 Å². The number of aryl methyl sites for hydroxylation is 2.